The van der Waals surface area contributed by atoms with Crippen LogP contribution in [0.5, 0.6) is 5.75 Å². The van der Waals surface area contributed by atoms with Crippen molar-refractivity contribution in [3.05, 3.63) is 89.9 Å². The quantitative estimate of drug-likeness (QED) is 0.283. The molecule has 186 valence electrons. The first kappa shape index (κ1) is 23.7. The van der Waals surface area contributed by atoms with Crippen LogP contribution in [0.1, 0.15) is 26.5 Å². The van der Waals surface area contributed by atoms with Crippen molar-refractivity contribution in [1.82, 2.24) is 0 Å². The highest BCUT2D eigenvalue weighted by Gasteiger charge is 2.17. The molecular weight excluding hydrogens is 476 g/mol. The Hall–Kier alpha value is -5.05. The van der Waals surface area contributed by atoms with E-state index in [1.807, 2.05) is 24.3 Å². The molecule has 9 heteroatoms. The van der Waals surface area contributed by atoms with Gasteiger partial charge in [0.2, 0.25) is 0 Å². The first-order chi connectivity index (χ1) is 17.9. The van der Waals surface area contributed by atoms with Crippen LogP contribution in [0.3, 0.4) is 0 Å². The minimum Gasteiger partial charge on any atom is -0.495 e. The van der Waals surface area contributed by atoms with E-state index in [4.69, 9.17) is 18.3 Å². The number of carbonyl (C=O) groups excluding carboxylic acids is 3. The van der Waals surface area contributed by atoms with Crippen molar-refractivity contribution in [2.45, 2.75) is 6.92 Å². The molecule has 2 aromatic heterocycles. The predicted molar refractivity (Wildman–Crippen MR) is 137 cm³/mol. The lowest BCUT2D eigenvalue weighted by Crippen LogP contribution is -2.21. The van der Waals surface area contributed by atoms with Crippen molar-refractivity contribution < 1.29 is 32.7 Å². The molecule has 0 fully saturated rings. The van der Waals surface area contributed by atoms with Crippen molar-refractivity contribution >= 4 is 51.1 Å². The molecule has 9 nitrogen and oxygen atoms in total. The number of carbonyl (C=O) groups is 3. The summed E-state index contributed by atoms with van der Waals surface area (Å²) >= 11 is 0. The first-order valence-corrected chi connectivity index (χ1v) is 11.3. The molecule has 0 aliphatic heterocycles. The van der Waals surface area contributed by atoms with Gasteiger partial charge in [-0.1, -0.05) is 24.3 Å². The molecular formula is C28H22N2O7. The number of para-hydroxylation sites is 1. The van der Waals surface area contributed by atoms with Gasteiger partial charge in [-0.25, -0.2) is 4.79 Å². The Morgan fingerprint density at radius 1 is 0.865 bits per heavy atom. The van der Waals surface area contributed by atoms with Gasteiger partial charge in [0.05, 0.1) is 24.6 Å². The summed E-state index contributed by atoms with van der Waals surface area (Å²) in [6.07, 6.45) is 1.39. The summed E-state index contributed by atoms with van der Waals surface area (Å²) in [6, 6.07) is 18.9. The third-order valence-electron chi connectivity index (χ3n) is 5.77. The normalized spacial score (nSPS) is 10.9. The average Bonchev–Trinajstić information content (AvgIpc) is 3.56. The van der Waals surface area contributed by atoms with Crippen LogP contribution in [0.4, 0.5) is 11.4 Å². The van der Waals surface area contributed by atoms with E-state index in [1.165, 1.54) is 25.5 Å². The van der Waals surface area contributed by atoms with Crippen LogP contribution in [0.15, 0.2) is 81.8 Å². The van der Waals surface area contributed by atoms with E-state index >= 15 is 0 Å². The van der Waals surface area contributed by atoms with Gasteiger partial charge >= 0.3 is 5.97 Å². The van der Waals surface area contributed by atoms with Gasteiger partial charge in [0.25, 0.3) is 11.8 Å². The number of aryl methyl sites for hydroxylation is 1. The second-order valence-corrected chi connectivity index (χ2v) is 8.23. The Labute approximate surface area is 210 Å². The van der Waals surface area contributed by atoms with Crippen molar-refractivity contribution in [2.75, 3.05) is 24.4 Å². The van der Waals surface area contributed by atoms with Gasteiger partial charge in [0.15, 0.2) is 12.4 Å². The minimum absolute atomic E-state index is 0.139. The number of amides is 2. The number of benzene rings is 3. The number of anilines is 2. The van der Waals surface area contributed by atoms with Crippen LogP contribution in [-0.4, -0.2) is 31.5 Å². The largest absolute Gasteiger partial charge is 0.495 e. The summed E-state index contributed by atoms with van der Waals surface area (Å²) < 4.78 is 21.6. The van der Waals surface area contributed by atoms with E-state index in [2.05, 4.69) is 10.6 Å². The highest BCUT2D eigenvalue weighted by Crippen LogP contribution is 2.36. The van der Waals surface area contributed by atoms with Crippen LogP contribution in [0.25, 0.3) is 21.9 Å². The van der Waals surface area contributed by atoms with E-state index in [0.717, 1.165) is 21.9 Å². The van der Waals surface area contributed by atoms with E-state index in [1.54, 1.807) is 37.3 Å². The molecule has 0 atom stereocenters. The van der Waals surface area contributed by atoms with Gasteiger partial charge in [-0.15, -0.1) is 0 Å². The lowest BCUT2D eigenvalue weighted by atomic mass is 10.1. The number of methoxy groups -OCH3 is 1. The molecule has 2 heterocycles. The Morgan fingerprint density at radius 3 is 2.49 bits per heavy atom. The van der Waals surface area contributed by atoms with Gasteiger partial charge in [0, 0.05) is 22.5 Å². The lowest BCUT2D eigenvalue weighted by Gasteiger charge is -2.12. The molecule has 0 aliphatic carbocycles. The molecule has 0 bridgehead atoms. The van der Waals surface area contributed by atoms with Crippen LogP contribution in [-0.2, 0) is 9.53 Å². The third kappa shape index (κ3) is 4.87. The van der Waals surface area contributed by atoms with E-state index in [0.29, 0.717) is 22.7 Å². The first-order valence-electron chi connectivity index (χ1n) is 11.3. The molecule has 0 unspecified atom stereocenters. The number of esters is 1. The molecule has 3 aromatic carbocycles. The summed E-state index contributed by atoms with van der Waals surface area (Å²) in [5.41, 5.74) is 3.02. The predicted octanol–water partition coefficient (Wildman–Crippen LogP) is 5.54. The zero-order valence-electron chi connectivity index (χ0n) is 20.0. The number of furan rings is 2. The van der Waals surface area contributed by atoms with Crippen LogP contribution < -0.4 is 15.4 Å². The van der Waals surface area contributed by atoms with E-state index in [9.17, 15) is 14.4 Å². The van der Waals surface area contributed by atoms with Gasteiger partial charge in [-0.2, -0.15) is 0 Å². The van der Waals surface area contributed by atoms with Gasteiger partial charge in [0.1, 0.15) is 16.9 Å². The van der Waals surface area contributed by atoms with Crippen molar-refractivity contribution in [3.63, 3.8) is 0 Å². The number of hydrogen-bond acceptors (Lipinski definition) is 7. The van der Waals surface area contributed by atoms with Crippen LogP contribution >= 0.6 is 0 Å². The lowest BCUT2D eigenvalue weighted by molar-refractivity contribution is -0.119. The Bertz CT molecular complexity index is 1630. The Kier molecular flexibility index (Phi) is 6.34. The minimum atomic E-state index is -0.719. The third-order valence-corrected chi connectivity index (χ3v) is 5.77. The number of hydrogen-bond donors (Lipinski definition) is 2. The fraction of sp³-hybridized carbons (Fsp3) is 0.107. The molecule has 2 amide bonds. The summed E-state index contributed by atoms with van der Waals surface area (Å²) in [7, 11) is 1.50. The maximum atomic E-state index is 12.6. The Balaban J connectivity index is 1.26. The number of ether oxygens (including phenoxy) is 2. The summed E-state index contributed by atoms with van der Waals surface area (Å²) in [6.45, 7) is 1.26. The van der Waals surface area contributed by atoms with Gasteiger partial charge in [-0.05, 0) is 48.9 Å². The molecule has 2 N–H and O–H groups in total. The van der Waals surface area contributed by atoms with E-state index < -0.39 is 24.4 Å². The van der Waals surface area contributed by atoms with Crippen LogP contribution in [0, 0.1) is 6.92 Å². The zero-order chi connectivity index (χ0) is 25.9. The highest BCUT2D eigenvalue weighted by molar-refractivity contribution is 6.08. The molecule has 0 radical (unpaired) electrons. The zero-order valence-corrected chi connectivity index (χ0v) is 20.0. The summed E-state index contributed by atoms with van der Waals surface area (Å²) in [4.78, 5) is 37.5. The second-order valence-electron chi connectivity index (χ2n) is 8.23. The summed E-state index contributed by atoms with van der Waals surface area (Å²) in [5.74, 6) is -1.15. The molecule has 5 aromatic rings. The highest BCUT2D eigenvalue weighted by atomic mass is 16.5. The van der Waals surface area contributed by atoms with Crippen molar-refractivity contribution in [2.24, 2.45) is 0 Å². The molecule has 5 rings (SSSR count). The fourth-order valence-electron chi connectivity index (χ4n) is 3.89. The van der Waals surface area contributed by atoms with Gasteiger partial charge in [-0.3, -0.25) is 9.59 Å². The maximum Gasteiger partial charge on any atom is 0.338 e. The molecule has 0 spiro atoms. The number of rotatable bonds is 7. The van der Waals surface area contributed by atoms with Gasteiger partial charge < -0.3 is 28.9 Å². The van der Waals surface area contributed by atoms with Crippen molar-refractivity contribution in [3.8, 4) is 5.75 Å². The topological polar surface area (TPSA) is 120 Å². The molecule has 0 aliphatic rings. The monoisotopic (exact) mass is 498 g/mol. The number of nitrogens with one attached hydrogen (secondary N) is 2. The number of fused-ring (bicyclic) bond motifs is 3. The molecule has 37 heavy (non-hydrogen) atoms. The SMILES string of the molecule is COc1cc2c(cc1NC(=O)COC(=O)c1ccc(C)c(NC(=O)c3ccco3)c1)oc1ccccc12. The standard InChI is InChI=1S/C28H22N2O7/c1-16-9-10-17(12-20(16)30-27(32)23-8-5-11-35-23)28(33)36-15-26(31)29-21-14-24-19(13-25(21)34-2)18-6-3-4-7-22(18)37-24/h3-14H,15H2,1-2H3,(H,29,31)(H,30,32). The maximum absolute atomic E-state index is 12.6. The van der Waals surface area contributed by atoms with Crippen molar-refractivity contribution in [1.29, 1.82) is 0 Å². The van der Waals surface area contributed by atoms with E-state index in [-0.39, 0.29) is 11.3 Å². The van der Waals surface area contributed by atoms with Crippen LogP contribution in [0.2, 0.25) is 0 Å². The fourth-order valence-corrected chi connectivity index (χ4v) is 3.89. The average molecular weight is 498 g/mol. The summed E-state index contributed by atoms with van der Waals surface area (Å²) in [5, 5.41) is 7.18. The molecule has 0 saturated heterocycles. The second kappa shape index (κ2) is 9.90. The smallest absolute Gasteiger partial charge is 0.338 e. The molecule has 0 saturated carbocycles. The Morgan fingerprint density at radius 2 is 1.70 bits per heavy atom.